The summed E-state index contributed by atoms with van der Waals surface area (Å²) >= 11 is 0. The summed E-state index contributed by atoms with van der Waals surface area (Å²) < 4.78 is 10.7. The zero-order valence-corrected chi connectivity index (χ0v) is 16.4. The maximum absolute atomic E-state index is 12.6. The first-order chi connectivity index (χ1) is 13.7. The van der Waals surface area contributed by atoms with Gasteiger partial charge in [-0.15, -0.1) is 0 Å². The minimum absolute atomic E-state index is 0.0759. The number of carbonyl (C=O) groups excluding carboxylic acids is 1. The first-order valence-electron chi connectivity index (χ1n) is 9.71. The second kappa shape index (κ2) is 9.95. The van der Waals surface area contributed by atoms with Crippen molar-refractivity contribution in [3.8, 4) is 11.5 Å². The van der Waals surface area contributed by atoms with E-state index >= 15 is 0 Å². The van der Waals surface area contributed by atoms with E-state index in [2.05, 4.69) is 28.9 Å². The summed E-state index contributed by atoms with van der Waals surface area (Å²) in [7, 11) is 1.67. The molecule has 0 aromatic heterocycles. The monoisotopic (exact) mass is 380 g/mol. The molecule has 5 nitrogen and oxygen atoms in total. The summed E-state index contributed by atoms with van der Waals surface area (Å²) in [4.78, 5) is 15.1. The van der Waals surface area contributed by atoms with E-state index < -0.39 is 0 Å². The van der Waals surface area contributed by atoms with E-state index in [1.165, 1.54) is 18.4 Å². The number of amides is 1. The number of benzene rings is 2. The van der Waals surface area contributed by atoms with Gasteiger partial charge < -0.3 is 14.8 Å². The number of carbonyl (C=O) groups is 1. The standard InChI is InChI=1S/C23H28N2O3/c1-3-16-28-21-12-8-19(9-13-21)23(26)24-17-22(25-14-4-5-15-25)18-6-10-20(27-2)11-7-18/h3,6-13,22H,1,4-5,14-17H2,2H3,(H,24,26)/t22-/m1/s1. The Hall–Kier alpha value is -2.79. The van der Waals surface area contributed by atoms with E-state index in [4.69, 9.17) is 9.47 Å². The lowest BCUT2D eigenvalue weighted by molar-refractivity contribution is 0.0938. The molecule has 2 aromatic rings. The second-order valence-electron chi connectivity index (χ2n) is 6.87. The van der Waals surface area contributed by atoms with E-state index in [0.29, 0.717) is 18.7 Å². The van der Waals surface area contributed by atoms with Crippen LogP contribution in [0.2, 0.25) is 0 Å². The molecule has 0 saturated carbocycles. The Morgan fingerprint density at radius 3 is 2.36 bits per heavy atom. The van der Waals surface area contributed by atoms with Crippen molar-refractivity contribution < 1.29 is 14.3 Å². The van der Waals surface area contributed by atoms with Crippen LogP contribution in [0.1, 0.15) is 34.8 Å². The van der Waals surface area contributed by atoms with Crippen LogP contribution in [-0.2, 0) is 0 Å². The maximum atomic E-state index is 12.6. The molecule has 1 heterocycles. The predicted molar refractivity (Wildman–Crippen MR) is 111 cm³/mol. The first-order valence-corrected chi connectivity index (χ1v) is 9.71. The van der Waals surface area contributed by atoms with Crippen molar-refractivity contribution in [1.29, 1.82) is 0 Å². The molecule has 1 fully saturated rings. The molecule has 1 saturated heterocycles. The Labute approximate surface area is 167 Å². The number of methoxy groups -OCH3 is 1. The third-order valence-electron chi connectivity index (χ3n) is 5.02. The Kier molecular flexibility index (Phi) is 7.09. The highest BCUT2D eigenvalue weighted by molar-refractivity contribution is 5.94. The van der Waals surface area contributed by atoms with Gasteiger partial charge in [-0.1, -0.05) is 24.8 Å². The van der Waals surface area contributed by atoms with Crippen molar-refractivity contribution >= 4 is 5.91 Å². The van der Waals surface area contributed by atoms with Crippen molar-refractivity contribution in [1.82, 2.24) is 10.2 Å². The van der Waals surface area contributed by atoms with Crippen LogP contribution in [0.4, 0.5) is 0 Å². The van der Waals surface area contributed by atoms with Crippen molar-refractivity contribution in [2.45, 2.75) is 18.9 Å². The molecule has 1 aliphatic heterocycles. The molecule has 2 aromatic carbocycles. The van der Waals surface area contributed by atoms with Crippen LogP contribution in [0.3, 0.4) is 0 Å². The molecule has 5 heteroatoms. The summed E-state index contributed by atoms with van der Waals surface area (Å²) in [6, 6.07) is 15.5. The van der Waals surface area contributed by atoms with E-state index in [1.54, 1.807) is 37.5 Å². The van der Waals surface area contributed by atoms with Crippen LogP contribution in [0.5, 0.6) is 11.5 Å². The van der Waals surface area contributed by atoms with Gasteiger partial charge in [0.15, 0.2) is 0 Å². The molecule has 148 valence electrons. The molecule has 0 aliphatic carbocycles. The average molecular weight is 380 g/mol. The van der Waals surface area contributed by atoms with Gasteiger partial charge in [-0.25, -0.2) is 0 Å². The van der Waals surface area contributed by atoms with Crippen LogP contribution < -0.4 is 14.8 Å². The molecule has 1 aliphatic rings. The number of likely N-dealkylation sites (tertiary alicyclic amines) is 1. The van der Waals surface area contributed by atoms with Gasteiger partial charge in [0.05, 0.1) is 13.2 Å². The number of nitrogens with zero attached hydrogens (tertiary/aromatic N) is 1. The SMILES string of the molecule is C=CCOc1ccc(C(=O)NC[C@H](c2ccc(OC)cc2)N2CCCC2)cc1. The van der Waals surface area contributed by atoms with Crippen molar-refractivity contribution in [3.05, 3.63) is 72.3 Å². The number of nitrogens with one attached hydrogen (secondary N) is 1. The average Bonchev–Trinajstić information content (AvgIpc) is 3.27. The minimum atomic E-state index is -0.0759. The summed E-state index contributed by atoms with van der Waals surface area (Å²) in [6.07, 6.45) is 4.10. The lowest BCUT2D eigenvalue weighted by Gasteiger charge is -2.28. The molecule has 0 unspecified atom stereocenters. The van der Waals surface area contributed by atoms with Crippen LogP contribution in [0, 0.1) is 0 Å². The fourth-order valence-electron chi connectivity index (χ4n) is 3.49. The van der Waals surface area contributed by atoms with Crippen LogP contribution in [-0.4, -0.2) is 44.2 Å². The van der Waals surface area contributed by atoms with Gasteiger partial charge in [-0.05, 0) is 67.9 Å². The zero-order valence-electron chi connectivity index (χ0n) is 16.4. The zero-order chi connectivity index (χ0) is 19.8. The van der Waals surface area contributed by atoms with E-state index in [1.807, 2.05) is 12.1 Å². The molecule has 0 bridgehead atoms. The molecule has 1 N–H and O–H groups in total. The van der Waals surface area contributed by atoms with Crippen molar-refractivity contribution in [3.63, 3.8) is 0 Å². The van der Waals surface area contributed by atoms with Gasteiger partial charge in [0.2, 0.25) is 0 Å². The largest absolute Gasteiger partial charge is 0.497 e. The number of rotatable bonds is 9. The molecule has 1 atom stereocenters. The Bertz CT molecular complexity index is 765. The van der Waals surface area contributed by atoms with Gasteiger partial charge in [-0.2, -0.15) is 0 Å². The van der Waals surface area contributed by atoms with Gasteiger partial charge >= 0.3 is 0 Å². The van der Waals surface area contributed by atoms with Gasteiger partial charge in [-0.3, -0.25) is 9.69 Å². The first kappa shape index (κ1) is 20.0. The quantitative estimate of drug-likeness (QED) is 0.672. The third-order valence-corrected chi connectivity index (χ3v) is 5.02. The molecule has 1 amide bonds. The van der Waals surface area contributed by atoms with Crippen LogP contribution >= 0.6 is 0 Å². The van der Waals surface area contributed by atoms with E-state index in [9.17, 15) is 4.79 Å². The number of hydrogen-bond donors (Lipinski definition) is 1. The van der Waals surface area contributed by atoms with Gasteiger partial charge in [0, 0.05) is 12.1 Å². The molecule has 0 radical (unpaired) electrons. The topological polar surface area (TPSA) is 50.8 Å². The summed E-state index contributed by atoms with van der Waals surface area (Å²) in [6.45, 7) is 6.76. The molecular formula is C23H28N2O3. The van der Waals surface area contributed by atoms with Crippen molar-refractivity contribution in [2.75, 3.05) is 33.4 Å². The van der Waals surface area contributed by atoms with Gasteiger partial charge in [0.1, 0.15) is 18.1 Å². The Morgan fingerprint density at radius 2 is 1.75 bits per heavy atom. The van der Waals surface area contributed by atoms with Crippen LogP contribution in [0.25, 0.3) is 0 Å². The molecular weight excluding hydrogens is 352 g/mol. The third kappa shape index (κ3) is 5.14. The number of ether oxygens (including phenoxy) is 2. The lowest BCUT2D eigenvalue weighted by Crippen LogP contribution is -2.36. The fourth-order valence-corrected chi connectivity index (χ4v) is 3.49. The molecule has 0 spiro atoms. The summed E-state index contributed by atoms with van der Waals surface area (Å²) in [5.41, 5.74) is 1.82. The van der Waals surface area contributed by atoms with Crippen LogP contribution in [0.15, 0.2) is 61.2 Å². The van der Waals surface area contributed by atoms with E-state index in [0.717, 1.165) is 24.6 Å². The molecule has 3 rings (SSSR count). The summed E-state index contributed by atoms with van der Waals surface area (Å²) in [5.74, 6) is 1.49. The van der Waals surface area contributed by atoms with Gasteiger partial charge in [0.25, 0.3) is 5.91 Å². The highest BCUT2D eigenvalue weighted by Crippen LogP contribution is 2.26. The summed E-state index contributed by atoms with van der Waals surface area (Å²) in [5, 5.41) is 3.10. The highest BCUT2D eigenvalue weighted by atomic mass is 16.5. The Balaban J connectivity index is 1.65. The fraction of sp³-hybridized carbons (Fsp3) is 0.348. The van der Waals surface area contributed by atoms with E-state index in [-0.39, 0.29) is 11.9 Å². The smallest absolute Gasteiger partial charge is 0.251 e. The second-order valence-corrected chi connectivity index (χ2v) is 6.87. The maximum Gasteiger partial charge on any atom is 0.251 e. The minimum Gasteiger partial charge on any atom is -0.497 e. The Morgan fingerprint density at radius 1 is 1.11 bits per heavy atom. The normalized spacial score (nSPS) is 15.0. The number of hydrogen-bond acceptors (Lipinski definition) is 4. The lowest BCUT2D eigenvalue weighted by atomic mass is 10.0. The van der Waals surface area contributed by atoms with Crippen molar-refractivity contribution in [2.24, 2.45) is 0 Å². The molecule has 28 heavy (non-hydrogen) atoms. The predicted octanol–water partition coefficient (Wildman–Crippen LogP) is 3.83. The highest BCUT2D eigenvalue weighted by Gasteiger charge is 2.24.